The molecule has 1 unspecified atom stereocenters. The Hall–Kier alpha value is 0.0900. The molecular formula is C7H12S. The molecule has 1 heteroatoms. The van der Waals surface area contributed by atoms with Gasteiger partial charge >= 0.3 is 0 Å². The predicted octanol–water partition coefficient (Wildman–Crippen LogP) is 2.31. The predicted molar refractivity (Wildman–Crippen MR) is 40.2 cm³/mol. The second-order valence-electron chi connectivity index (χ2n) is 2.47. The third-order valence-electron chi connectivity index (χ3n) is 1.37. The SMILES string of the molecule is CC(C)C1C=CCS1. The van der Waals surface area contributed by atoms with Crippen molar-refractivity contribution < 1.29 is 0 Å². The second-order valence-corrected chi connectivity index (χ2v) is 3.68. The largest absolute Gasteiger partial charge is 0.150 e. The van der Waals surface area contributed by atoms with Gasteiger partial charge in [-0.1, -0.05) is 26.0 Å². The Labute approximate surface area is 55.4 Å². The molecule has 1 aliphatic heterocycles. The van der Waals surface area contributed by atoms with Gasteiger partial charge in [0, 0.05) is 11.0 Å². The number of thioether (sulfide) groups is 1. The van der Waals surface area contributed by atoms with Gasteiger partial charge < -0.3 is 0 Å². The van der Waals surface area contributed by atoms with Crippen molar-refractivity contribution in [3.63, 3.8) is 0 Å². The molecule has 0 aliphatic carbocycles. The van der Waals surface area contributed by atoms with E-state index in [1.807, 2.05) is 11.8 Å². The van der Waals surface area contributed by atoms with Crippen LogP contribution in [0.15, 0.2) is 12.2 Å². The van der Waals surface area contributed by atoms with Gasteiger partial charge in [-0.25, -0.2) is 0 Å². The molecule has 1 heterocycles. The van der Waals surface area contributed by atoms with Gasteiger partial charge in [-0.15, -0.1) is 11.8 Å². The Balaban J connectivity index is 2.36. The van der Waals surface area contributed by atoms with Crippen molar-refractivity contribution in [1.82, 2.24) is 0 Å². The third-order valence-corrected chi connectivity index (χ3v) is 2.84. The minimum Gasteiger partial charge on any atom is -0.150 e. The lowest BCUT2D eigenvalue weighted by atomic mass is 10.1. The maximum Gasteiger partial charge on any atom is 0.0253 e. The van der Waals surface area contributed by atoms with Crippen LogP contribution in [0.4, 0.5) is 0 Å². The van der Waals surface area contributed by atoms with E-state index in [0.717, 1.165) is 11.2 Å². The normalized spacial score (nSPS) is 27.6. The number of hydrogen-bond acceptors (Lipinski definition) is 1. The highest BCUT2D eigenvalue weighted by molar-refractivity contribution is 8.00. The summed E-state index contributed by atoms with van der Waals surface area (Å²) in [6, 6.07) is 0. The zero-order chi connectivity index (χ0) is 5.98. The van der Waals surface area contributed by atoms with Gasteiger partial charge in [0.05, 0.1) is 0 Å². The fraction of sp³-hybridized carbons (Fsp3) is 0.714. The summed E-state index contributed by atoms with van der Waals surface area (Å²) < 4.78 is 0. The van der Waals surface area contributed by atoms with Crippen LogP contribution in [0.25, 0.3) is 0 Å². The summed E-state index contributed by atoms with van der Waals surface area (Å²) in [7, 11) is 0. The number of hydrogen-bond donors (Lipinski definition) is 0. The van der Waals surface area contributed by atoms with Crippen molar-refractivity contribution in [3.05, 3.63) is 12.2 Å². The first-order chi connectivity index (χ1) is 3.80. The Morgan fingerprint density at radius 3 is 2.62 bits per heavy atom. The highest BCUT2D eigenvalue weighted by atomic mass is 32.2. The molecule has 1 rings (SSSR count). The van der Waals surface area contributed by atoms with E-state index in [2.05, 4.69) is 26.0 Å². The Morgan fingerprint density at radius 2 is 2.38 bits per heavy atom. The Bertz CT molecular complexity index is 94.6. The summed E-state index contributed by atoms with van der Waals surface area (Å²) in [6.45, 7) is 4.54. The molecular weight excluding hydrogens is 116 g/mol. The van der Waals surface area contributed by atoms with Crippen LogP contribution in [0.3, 0.4) is 0 Å². The summed E-state index contributed by atoms with van der Waals surface area (Å²) in [5.41, 5.74) is 0. The van der Waals surface area contributed by atoms with Crippen molar-refractivity contribution in [1.29, 1.82) is 0 Å². The maximum atomic E-state index is 2.31. The Kier molecular flexibility index (Phi) is 2.01. The lowest BCUT2D eigenvalue weighted by Gasteiger charge is -2.09. The highest BCUT2D eigenvalue weighted by Crippen LogP contribution is 2.25. The molecule has 0 spiro atoms. The highest BCUT2D eigenvalue weighted by Gasteiger charge is 2.12. The molecule has 0 N–H and O–H groups in total. The molecule has 0 nitrogen and oxygen atoms in total. The summed E-state index contributed by atoms with van der Waals surface area (Å²) in [6.07, 6.45) is 4.57. The summed E-state index contributed by atoms with van der Waals surface area (Å²) in [5.74, 6) is 2.04. The topological polar surface area (TPSA) is 0 Å². The van der Waals surface area contributed by atoms with E-state index < -0.39 is 0 Å². The fourth-order valence-corrected chi connectivity index (χ4v) is 1.88. The van der Waals surface area contributed by atoms with Crippen molar-refractivity contribution >= 4 is 11.8 Å². The van der Waals surface area contributed by atoms with Crippen LogP contribution in [0, 0.1) is 5.92 Å². The van der Waals surface area contributed by atoms with E-state index in [9.17, 15) is 0 Å². The summed E-state index contributed by atoms with van der Waals surface area (Å²) in [5, 5.41) is 0.801. The molecule has 1 aliphatic rings. The van der Waals surface area contributed by atoms with Crippen LogP contribution in [0.5, 0.6) is 0 Å². The van der Waals surface area contributed by atoms with Crippen molar-refractivity contribution in [2.75, 3.05) is 5.75 Å². The smallest absolute Gasteiger partial charge is 0.0253 e. The first kappa shape index (κ1) is 6.21. The molecule has 0 aromatic rings. The average Bonchev–Trinajstić information content (AvgIpc) is 2.12. The van der Waals surface area contributed by atoms with Gasteiger partial charge in [-0.3, -0.25) is 0 Å². The third kappa shape index (κ3) is 1.28. The van der Waals surface area contributed by atoms with Gasteiger partial charge in [0.25, 0.3) is 0 Å². The van der Waals surface area contributed by atoms with Gasteiger partial charge in [-0.2, -0.15) is 0 Å². The van der Waals surface area contributed by atoms with E-state index in [1.165, 1.54) is 5.75 Å². The average molecular weight is 128 g/mol. The fourth-order valence-electron chi connectivity index (χ4n) is 0.827. The van der Waals surface area contributed by atoms with Crippen LogP contribution < -0.4 is 0 Å². The Morgan fingerprint density at radius 1 is 1.62 bits per heavy atom. The standard InChI is InChI=1S/C7H12S/c1-6(2)7-4-3-5-8-7/h3-4,6-7H,5H2,1-2H3. The zero-order valence-electron chi connectivity index (χ0n) is 5.42. The maximum absolute atomic E-state index is 2.31. The molecule has 0 saturated carbocycles. The molecule has 0 saturated heterocycles. The van der Waals surface area contributed by atoms with Gasteiger partial charge in [0.15, 0.2) is 0 Å². The molecule has 0 aromatic heterocycles. The van der Waals surface area contributed by atoms with Crippen molar-refractivity contribution in [3.8, 4) is 0 Å². The quantitative estimate of drug-likeness (QED) is 0.488. The van der Waals surface area contributed by atoms with Crippen molar-refractivity contribution in [2.24, 2.45) is 5.92 Å². The molecule has 0 radical (unpaired) electrons. The molecule has 0 aromatic carbocycles. The number of rotatable bonds is 1. The summed E-state index contributed by atoms with van der Waals surface area (Å²) >= 11 is 2.04. The molecule has 1 atom stereocenters. The minimum atomic E-state index is 0.801. The van der Waals surface area contributed by atoms with Crippen LogP contribution in [0.2, 0.25) is 0 Å². The lowest BCUT2D eigenvalue weighted by Crippen LogP contribution is -2.03. The zero-order valence-corrected chi connectivity index (χ0v) is 6.24. The summed E-state index contributed by atoms with van der Waals surface area (Å²) in [4.78, 5) is 0. The van der Waals surface area contributed by atoms with Crippen molar-refractivity contribution in [2.45, 2.75) is 19.1 Å². The minimum absolute atomic E-state index is 0.801. The first-order valence-electron chi connectivity index (χ1n) is 3.09. The van der Waals surface area contributed by atoms with E-state index in [4.69, 9.17) is 0 Å². The molecule has 0 amide bonds. The van der Waals surface area contributed by atoms with Gasteiger partial charge in [-0.05, 0) is 5.92 Å². The molecule has 46 valence electrons. The van der Waals surface area contributed by atoms with E-state index in [1.54, 1.807) is 0 Å². The molecule has 8 heavy (non-hydrogen) atoms. The van der Waals surface area contributed by atoms with Crippen LogP contribution in [-0.2, 0) is 0 Å². The van der Waals surface area contributed by atoms with E-state index in [-0.39, 0.29) is 0 Å². The monoisotopic (exact) mass is 128 g/mol. The molecule has 0 fully saturated rings. The van der Waals surface area contributed by atoms with Crippen LogP contribution >= 0.6 is 11.8 Å². The van der Waals surface area contributed by atoms with Crippen LogP contribution in [-0.4, -0.2) is 11.0 Å². The van der Waals surface area contributed by atoms with E-state index in [0.29, 0.717) is 0 Å². The lowest BCUT2D eigenvalue weighted by molar-refractivity contribution is 0.682. The van der Waals surface area contributed by atoms with E-state index >= 15 is 0 Å². The molecule has 0 bridgehead atoms. The van der Waals surface area contributed by atoms with Crippen LogP contribution in [0.1, 0.15) is 13.8 Å². The first-order valence-corrected chi connectivity index (χ1v) is 4.14. The van der Waals surface area contributed by atoms with Gasteiger partial charge in [0.1, 0.15) is 0 Å². The second kappa shape index (κ2) is 2.58. The van der Waals surface area contributed by atoms with Gasteiger partial charge in [0.2, 0.25) is 0 Å².